The highest BCUT2D eigenvalue weighted by Crippen LogP contribution is 2.25. The summed E-state index contributed by atoms with van der Waals surface area (Å²) in [5.74, 6) is 0.422. The zero-order valence-electron chi connectivity index (χ0n) is 20.4. The Morgan fingerprint density at radius 1 is 1.18 bits per heavy atom. The van der Waals surface area contributed by atoms with Gasteiger partial charge in [0, 0.05) is 34.5 Å². The SMILES string of the molecule is CCOc1ccc(-n2c(CNC(=O)c3ccc(C)c([N+](=O)[O-])c3)nnc2SCC(=O)Nc2nccs2)cc1. The number of anilines is 1. The monoisotopic (exact) mass is 553 g/mol. The average molecular weight is 554 g/mol. The zero-order valence-corrected chi connectivity index (χ0v) is 22.0. The van der Waals surface area contributed by atoms with E-state index in [2.05, 4.69) is 25.8 Å². The molecule has 0 bridgehead atoms. The Labute approximate surface area is 225 Å². The van der Waals surface area contributed by atoms with Gasteiger partial charge in [-0.15, -0.1) is 21.5 Å². The number of thioether (sulfide) groups is 1. The molecule has 2 aromatic carbocycles. The number of hydrogen-bond acceptors (Lipinski definition) is 10. The number of ether oxygens (including phenoxy) is 1. The van der Waals surface area contributed by atoms with Crippen LogP contribution < -0.4 is 15.4 Å². The fourth-order valence-electron chi connectivity index (χ4n) is 3.41. The molecule has 0 spiro atoms. The van der Waals surface area contributed by atoms with E-state index in [4.69, 9.17) is 4.74 Å². The van der Waals surface area contributed by atoms with E-state index in [1.54, 1.807) is 35.2 Å². The van der Waals surface area contributed by atoms with E-state index in [-0.39, 0.29) is 29.5 Å². The number of carbonyl (C=O) groups excluding carboxylic acids is 2. The summed E-state index contributed by atoms with van der Waals surface area (Å²) in [6, 6.07) is 11.5. The summed E-state index contributed by atoms with van der Waals surface area (Å²) >= 11 is 2.50. The number of nitro groups is 1. The molecule has 0 atom stereocenters. The molecule has 0 unspecified atom stereocenters. The lowest BCUT2D eigenvalue weighted by molar-refractivity contribution is -0.385. The van der Waals surface area contributed by atoms with Gasteiger partial charge in [-0.2, -0.15) is 0 Å². The molecule has 0 radical (unpaired) electrons. The van der Waals surface area contributed by atoms with Crippen molar-refractivity contribution in [1.82, 2.24) is 25.1 Å². The van der Waals surface area contributed by atoms with Crippen LogP contribution in [-0.2, 0) is 11.3 Å². The van der Waals surface area contributed by atoms with E-state index in [0.717, 1.165) is 0 Å². The fourth-order valence-corrected chi connectivity index (χ4v) is 4.72. The highest BCUT2D eigenvalue weighted by atomic mass is 32.2. The van der Waals surface area contributed by atoms with Crippen LogP contribution in [0.25, 0.3) is 5.69 Å². The van der Waals surface area contributed by atoms with E-state index in [9.17, 15) is 19.7 Å². The van der Waals surface area contributed by atoms with Crippen LogP contribution in [0.2, 0.25) is 0 Å². The molecule has 2 heterocycles. The molecule has 2 amide bonds. The molecule has 0 saturated carbocycles. The summed E-state index contributed by atoms with van der Waals surface area (Å²) in [5, 5.41) is 27.9. The lowest BCUT2D eigenvalue weighted by Gasteiger charge is -2.12. The third kappa shape index (κ3) is 6.52. The van der Waals surface area contributed by atoms with Crippen molar-refractivity contribution in [2.75, 3.05) is 17.7 Å². The van der Waals surface area contributed by atoms with E-state index in [0.29, 0.717) is 39.7 Å². The number of nitrogens with one attached hydrogen (secondary N) is 2. The molecule has 0 saturated heterocycles. The Kier molecular flexibility index (Phi) is 8.66. The largest absolute Gasteiger partial charge is 0.494 e. The molecule has 4 aromatic rings. The number of nitrogens with zero attached hydrogens (tertiary/aromatic N) is 5. The first-order chi connectivity index (χ1) is 18.4. The average Bonchev–Trinajstić information content (AvgIpc) is 3.56. The second-order valence-corrected chi connectivity index (χ2v) is 9.61. The van der Waals surface area contributed by atoms with E-state index >= 15 is 0 Å². The van der Waals surface area contributed by atoms with Gasteiger partial charge in [0.15, 0.2) is 16.1 Å². The predicted molar refractivity (Wildman–Crippen MR) is 143 cm³/mol. The van der Waals surface area contributed by atoms with Gasteiger partial charge in [0.2, 0.25) is 5.91 Å². The van der Waals surface area contributed by atoms with Crippen LogP contribution in [0.5, 0.6) is 5.75 Å². The number of amides is 2. The smallest absolute Gasteiger partial charge is 0.273 e. The standard InChI is InChI=1S/C24H23N7O5S2/c1-3-36-18-8-6-17(7-9-18)30-20(13-26-22(33)16-5-4-15(2)19(12-16)31(34)35)28-29-24(30)38-14-21(32)27-23-25-10-11-37-23/h4-12H,3,13-14H2,1-2H3,(H,26,33)(H,25,27,32). The molecule has 0 aliphatic carbocycles. The number of aromatic nitrogens is 4. The van der Waals surface area contributed by atoms with Crippen LogP contribution in [0.3, 0.4) is 0 Å². The summed E-state index contributed by atoms with van der Waals surface area (Å²) in [6.07, 6.45) is 1.60. The quantitative estimate of drug-likeness (QED) is 0.159. The van der Waals surface area contributed by atoms with Crippen molar-refractivity contribution >= 4 is 45.7 Å². The van der Waals surface area contributed by atoms with Crippen LogP contribution in [0, 0.1) is 17.0 Å². The van der Waals surface area contributed by atoms with Crippen LogP contribution in [0.1, 0.15) is 28.7 Å². The van der Waals surface area contributed by atoms with Crippen molar-refractivity contribution < 1.29 is 19.2 Å². The molecule has 2 N–H and O–H groups in total. The lowest BCUT2D eigenvalue weighted by atomic mass is 10.1. The van der Waals surface area contributed by atoms with Gasteiger partial charge in [-0.05, 0) is 44.2 Å². The van der Waals surface area contributed by atoms with E-state index in [1.165, 1.54) is 41.3 Å². The highest BCUT2D eigenvalue weighted by Gasteiger charge is 2.19. The summed E-state index contributed by atoms with van der Waals surface area (Å²) in [6.45, 7) is 4.01. The first-order valence-corrected chi connectivity index (χ1v) is 13.2. The molecule has 0 aliphatic heterocycles. The lowest BCUT2D eigenvalue weighted by Crippen LogP contribution is -2.25. The molecule has 0 fully saturated rings. The van der Waals surface area contributed by atoms with Crippen molar-refractivity contribution in [2.24, 2.45) is 0 Å². The Bertz CT molecular complexity index is 1440. The van der Waals surface area contributed by atoms with Crippen molar-refractivity contribution in [2.45, 2.75) is 25.5 Å². The van der Waals surface area contributed by atoms with Gasteiger partial charge in [-0.3, -0.25) is 24.3 Å². The van der Waals surface area contributed by atoms with Gasteiger partial charge in [0.25, 0.3) is 11.6 Å². The van der Waals surface area contributed by atoms with Gasteiger partial charge in [-0.1, -0.05) is 17.8 Å². The van der Waals surface area contributed by atoms with Crippen LogP contribution in [0.15, 0.2) is 59.2 Å². The van der Waals surface area contributed by atoms with Crippen molar-refractivity contribution in [3.8, 4) is 11.4 Å². The summed E-state index contributed by atoms with van der Waals surface area (Å²) in [7, 11) is 0. The molecule has 12 nitrogen and oxygen atoms in total. The van der Waals surface area contributed by atoms with Crippen LogP contribution >= 0.6 is 23.1 Å². The minimum absolute atomic E-state index is 0.00735. The maximum absolute atomic E-state index is 12.8. The molecule has 0 aliphatic rings. The number of rotatable bonds is 11. The van der Waals surface area contributed by atoms with Gasteiger partial charge >= 0.3 is 0 Å². The third-order valence-electron chi connectivity index (χ3n) is 5.19. The minimum Gasteiger partial charge on any atom is -0.494 e. The number of carbonyl (C=O) groups is 2. The van der Waals surface area contributed by atoms with Gasteiger partial charge in [-0.25, -0.2) is 4.98 Å². The summed E-state index contributed by atoms with van der Waals surface area (Å²) in [5.41, 5.74) is 1.19. The van der Waals surface area contributed by atoms with Crippen molar-refractivity contribution in [1.29, 1.82) is 0 Å². The van der Waals surface area contributed by atoms with Gasteiger partial charge in [0.05, 0.1) is 23.8 Å². The predicted octanol–water partition coefficient (Wildman–Crippen LogP) is 4.00. The minimum atomic E-state index is -0.525. The third-order valence-corrected chi connectivity index (χ3v) is 6.81. The van der Waals surface area contributed by atoms with Gasteiger partial charge in [0.1, 0.15) is 5.75 Å². The first kappa shape index (κ1) is 26.8. The molecule has 2 aromatic heterocycles. The van der Waals surface area contributed by atoms with Crippen molar-refractivity contribution in [3.63, 3.8) is 0 Å². The normalized spacial score (nSPS) is 10.7. The Morgan fingerprint density at radius 3 is 2.66 bits per heavy atom. The Morgan fingerprint density at radius 2 is 1.97 bits per heavy atom. The highest BCUT2D eigenvalue weighted by molar-refractivity contribution is 7.99. The van der Waals surface area contributed by atoms with E-state index < -0.39 is 10.8 Å². The fraction of sp³-hybridized carbons (Fsp3) is 0.208. The van der Waals surface area contributed by atoms with Crippen molar-refractivity contribution in [3.05, 3.63) is 81.1 Å². The van der Waals surface area contributed by atoms with Crippen LogP contribution in [-0.4, -0.2) is 48.8 Å². The summed E-state index contributed by atoms with van der Waals surface area (Å²) in [4.78, 5) is 39.9. The number of thiazole rings is 1. The second-order valence-electron chi connectivity index (χ2n) is 7.78. The topological polar surface area (TPSA) is 154 Å². The molecule has 196 valence electrons. The maximum Gasteiger partial charge on any atom is 0.273 e. The van der Waals surface area contributed by atoms with Crippen LogP contribution in [0.4, 0.5) is 10.8 Å². The number of nitro benzene ring substituents is 1. The summed E-state index contributed by atoms with van der Waals surface area (Å²) < 4.78 is 7.25. The Hall–Kier alpha value is -4.30. The first-order valence-electron chi connectivity index (χ1n) is 11.4. The zero-order chi connectivity index (χ0) is 27.1. The van der Waals surface area contributed by atoms with E-state index in [1.807, 2.05) is 19.1 Å². The molecular weight excluding hydrogens is 530 g/mol. The Balaban J connectivity index is 1.54. The molecule has 38 heavy (non-hydrogen) atoms. The molecular formula is C24H23N7O5S2. The number of hydrogen-bond donors (Lipinski definition) is 2. The maximum atomic E-state index is 12.8. The second kappa shape index (κ2) is 12.3. The van der Waals surface area contributed by atoms with Gasteiger partial charge < -0.3 is 15.4 Å². The number of aryl methyl sites for hydroxylation is 1. The molecule has 14 heteroatoms. The number of benzene rings is 2. The molecule has 4 rings (SSSR count).